The van der Waals surface area contributed by atoms with Gasteiger partial charge in [-0.25, -0.2) is 0 Å². The fourth-order valence-electron chi connectivity index (χ4n) is 5.24. The molecule has 40 heavy (non-hydrogen) atoms. The maximum Gasteiger partial charge on any atom is 0.162 e. The van der Waals surface area contributed by atoms with Crippen LogP contribution < -0.4 is 14.2 Å². The summed E-state index contributed by atoms with van der Waals surface area (Å²) < 4.78 is 18.6. The second-order valence-electron chi connectivity index (χ2n) is 10.1. The summed E-state index contributed by atoms with van der Waals surface area (Å²) in [5, 5.41) is 11.2. The molecule has 5 aromatic rings. The first kappa shape index (κ1) is 25.7. The van der Waals surface area contributed by atoms with Crippen LogP contribution in [0.4, 0.5) is 0 Å². The minimum Gasteiger partial charge on any atom is -0.489 e. The van der Waals surface area contributed by atoms with Crippen molar-refractivity contribution in [1.29, 1.82) is 0 Å². The molecule has 0 saturated carbocycles. The van der Waals surface area contributed by atoms with Gasteiger partial charge in [0.1, 0.15) is 25.6 Å². The highest BCUT2D eigenvalue weighted by molar-refractivity contribution is 5.54. The first-order valence-electron chi connectivity index (χ1n) is 13.7. The highest BCUT2D eigenvalue weighted by Gasteiger charge is 2.34. The van der Waals surface area contributed by atoms with Crippen LogP contribution >= 0.6 is 0 Å². The topological polar surface area (TPSA) is 47.9 Å². The minimum atomic E-state index is -0.530. The van der Waals surface area contributed by atoms with Gasteiger partial charge in [-0.3, -0.25) is 0 Å². The van der Waals surface area contributed by atoms with Gasteiger partial charge in [-0.1, -0.05) is 103 Å². The van der Waals surface area contributed by atoms with Crippen molar-refractivity contribution >= 4 is 0 Å². The van der Waals surface area contributed by atoms with Gasteiger partial charge in [0.15, 0.2) is 11.5 Å². The van der Waals surface area contributed by atoms with Gasteiger partial charge in [0, 0.05) is 5.92 Å². The van der Waals surface area contributed by atoms with Crippen molar-refractivity contribution < 1.29 is 19.3 Å². The molecule has 0 radical (unpaired) electrons. The molecular weight excluding hydrogens is 496 g/mol. The number of aliphatic hydroxyl groups excluding tert-OH is 1. The highest BCUT2D eigenvalue weighted by Crippen LogP contribution is 2.44. The minimum absolute atomic E-state index is 0.152. The first-order valence-corrected chi connectivity index (χ1v) is 13.7. The Hall–Kier alpha value is -4.54. The maximum absolute atomic E-state index is 11.2. The molecular formula is C36H32O4. The van der Waals surface area contributed by atoms with E-state index in [2.05, 4.69) is 18.2 Å². The van der Waals surface area contributed by atoms with Crippen molar-refractivity contribution in [3.05, 3.63) is 161 Å². The Kier molecular flexibility index (Phi) is 7.78. The van der Waals surface area contributed by atoms with Crippen molar-refractivity contribution in [2.45, 2.75) is 38.3 Å². The van der Waals surface area contributed by atoms with Gasteiger partial charge >= 0.3 is 0 Å². The van der Waals surface area contributed by atoms with Gasteiger partial charge in [0.2, 0.25) is 0 Å². The standard InChI is InChI=1S/C36H32O4/c37-33-20-30-21-34(39-24-27-12-6-2-7-13-27)35(40-25-28-14-8-3-9-15-28)22-32(30)36(33)29-16-18-31(19-17-29)38-23-26-10-4-1-5-11-26/h1-19,21-22,33,36-37H,20,23-25H2. The second-order valence-corrected chi connectivity index (χ2v) is 10.1. The van der Waals surface area contributed by atoms with E-state index in [0.29, 0.717) is 37.7 Å². The Morgan fingerprint density at radius 2 is 1.02 bits per heavy atom. The van der Waals surface area contributed by atoms with Crippen molar-refractivity contribution in [2.24, 2.45) is 0 Å². The zero-order chi connectivity index (χ0) is 27.1. The second kappa shape index (κ2) is 12.1. The van der Waals surface area contributed by atoms with Crippen LogP contribution in [-0.2, 0) is 26.2 Å². The van der Waals surface area contributed by atoms with E-state index in [1.165, 1.54) is 0 Å². The molecule has 0 fully saturated rings. The van der Waals surface area contributed by atoms with Crippen molar-refractivity contribution in [3.63, 3.8) is 0 Å². The third-order valence-corrected chi connectivity index (χ3v) is 7.32. The smallest absolute Gasteiger partial charge is 0.162 e. The molecule has 200 valence electrons. The van der Waals surface area contributed by atoms with Crippen molar-refractivity contribution in [3.8, 4) is 17.2 Å². The van der Waals surface area contributed by atoms with E-state index in [1.807, 2.05) is 109 Å². The SMILES string of the molecule is OC1Cc2cc(OCc3ccccc3)c(OCc3ccccc3)cc2C1c1ccc(OCc2ccccc2)cc1. The summed E-state index contributed by atoms with van der Waals surface area (Å²) in [6.45, 7) is 1.39. The summed E-state index contributed by atoms with van der Waals surface area (Å²) in [4.78, 5) is 0. The Morgan fingerprint density at radius 1 is 0.550 bits per heavy atom. The molecule has 6 rings (SSSR count). The monoisotopic (exact) mass is 528 g/mol. The summed E-state index contributed by atoms with van der Waals surface area (Å²) >= 11 is 0. The zero-order valence-electron chi connectivity index (χ0n) is 22.3. The van der Waals surface area contributed by atoms with Crippen LogP contribution in [0.2, 0.25) is 0 Å². The van der Waals surface area contributed by atoms with Crippen LogP contribution in [-0.4, -0.2) is 11.2 Å². The molecule has 1 aliphatic carbocycles. The Morgan fingerprint density at radius 3 is 1.55 bits per heavy atom. The highest BCUT2D eigenvalue weighted by atomic mass is 16.5. The van der Waals surface area contributed by atoms with Crippen LogP contribution in [0.15, 0.2) is 127 Å². The Bertz CT molecular complexity index is 1520. The number of benzene rings is 5. The molecule has 0 heterocycles. The van der Waals surface area contributed by atoms with Gasteiger partial charge in [-0.15, -0.1) is 0 Å². The van der Waals surface area contributed by atoms with Gasteiger partial charge < -0.3 is 19.3 Å². The van der Waals surface area contributed by atoms with E-state index in [9.17, 15) is 5.11 Å². The summed E-state index contributed by atoms with van der Waals surface area (Å²) in [7, 11) is 0. The lowest BCUT2D eigenvalue weighted by Crippen LogP contribution is -2.14. The molecule has 0 amide bonds. The number of hydrogen-bond donors (Lipinski definition) is 1. The van der Waals surface area contributed by atoms with E-state index in [1.54, 1.807) is 0 Å². The first-order chi connectivity index (χ1) is 19.7. The molecule has 4 heteroatoms. The summed E-state index contributed by atoms with van der Waals surface area (Å²) in [5.41, 5.74) is 6.49. The average Bonchev–Trinajstić information content (AvgIpc) is 3.33. The molecule has 0 bridgehead atoms. The molecule has 4 nitrogen and oxygen atoms in total. The lowest BCUT2D eigenvalue weighted by molar-refractivity contribution is 0.169. The molecule has 5 aromatic carbocycles. The Balaban J connectivity index is 1.24. The molecule has 0 aliphatic heterocycles. The van der Waals surface area contributed by atoms with Gasteiger partial charge in [-0.2, -0.15) is 0 Å². The van der Waals surface area contributed by atoms with E-state index < -0.39 is 6.10 Å². The third kappa shape index (κ3) is 6.03. The number of fused-ring (bicyclic) bond motifs is 1. The normalized spacial score (nSPS) is 15.8. The predicted octanol–water partition coefficient (Wildman–Crippen LogP) is 7.47. The summed E-state index contributed by atoms with van der Waals surface area (Å²) in [6.07, 6.45) is 0.0323. The van der Waals surface area contributed by atoms with Crippen LogP contribution in [0, 0.1) is 0 Å². The fraction of sp³-hybridized carbons (Fsp3) is 0.167. The Labute approximate surface area is 235 Å². The lowest BCUT2D eigenvalue weighted by atomic mass is 9.91. The summed E-state index contributed by atoms with van der Waals surface area (Å²) in [6, 6.07) is 42.5. The number of ether oxygens (including phenoxy) is 3. The molecule has 0 saturated heterocycles. The largest absolute Gasteiger partial charge is 0.489 e. The molecule has 0 spiro atoms. The van der Waals surface area contributed by atoms with E-state index in [-0.39, 0.29) is 5.92 Å². The van der Waals surface area contributed by atoms with Crippen molar-refractivity contribution in [2.75, 3.05) is 0 Å². The lowest BCUT2D eigenvalue weighted by Gasteiger charge is -2.19. The molecule has 1 aliphatic rings. The van der Waals surface area contributed by atoms with Gasteiger partial charge in [0.25, 0.3) is 0 Å². The zero-order valence-corrected chi connectivity index (χ0v) is 22.3. The fourth-order valence-corrected chi connectivity index (χ4v) is 5.24. The number of aliphatic hydroxyl groups is 1. The summed E-state index contributed by atoms with van der Waals surface area (Å²) in [5.74, 6) is 2.02. The van der Waals surface area contributed by atoms with Gasteiger partial charge in [-0.05, 0) is 64.1 Å². The van der Waals surface area contributed by atoms with Crippen LogP contribution in [0.3, 0.4) is 0 Å². The third-order valence-electron chi connectivity index (χ3n) is 7.32. The van der Waals surface area contributed by atoms with E-state index in [4.69, 9.17) is 14.2 Å². The van der Waals surface area contributed by atoms with Crippen LogP contribution in [0.5, 0.6) is 17.2 Å². The van der Waals surface area contributed by atoms with E-state index in [0.717, 1.165) is 39.1 Å². The van der Waals surface area contributed by atoms with Crippen LogP contribution in [0.1, 0.15) is 39.3 Å². The molecule has 2 atom stereocenters. The average molecular weight is 529 g/mol. The predicted molar refractivity (Wildman–Crippen MR) is 157 cm³/mol. The molecule has 2 unspecified atom stereocenters. The van der Waals surface area contributed by atoms with Crippen molar-refractivity contribution in [1.82, 2.24) is 0 Å². The quantitative estimate of drug-likeness (QED) is 0.204. The molecule has 1 N–H and O–H groups in total. The maximum atomic E-state index is 11.2. The number of rotatable bonds is 10. The van der Waals surface area contributed by atoms with Crippen LogP contribution in [0.25, 0.3) is 0 Å². The van der Waals surface area contributed by atoms with E-state index >= 15 is 0 Å². The van der Waals surface area contributed by atoms with Gasteiger partial charge in [0.05, 0.1) is 6.10 Å². The number of hydrogen-bond acceptors (Lipinski definition) is 4. The molecule has 0 aromatic heterocycles.